The van der Waals surface area contributed by atoms with Gasteiger partial charge in [0.05, 0.1) is 5.69 Å². The van der Waals surface area contributed by atoms with Gasteiger partial charge >= 0.3 is 0 Å². The molecule has 2 unspecified atom stereocenters. The van der Waals surface area contributed by atoms with Gasteiger partial charge in [0.25, 0.3) is 5.91 Å². The topological polar surface area (TPSA) is 80.9 Å². The summed E-state index contributed by atoms with van der Waals surface area (Å²) in [5.74, 6) is -0.0548. The lowest BCUT2D eigenvalue weighted by molar-refractivity contribution is 0.0932. The first-order valence-corrected chi connectivity index (χ1v) is 7.87. The van der Waals surface area contributed by atoms with Crippen molar-refractivity contribution in [3.8, 4) is 0 Å². The molecule has 2 rings (SSSR count). The van der Waals surface area contributed by atoms with E-state index in [9.17, 15) is 4.79 Å². The van der Waals surface area contributed by atoms with Crippen molar-refractivity contribution in [1.82, 2.24) is 14.9 Å². The molecule has 2 atom stereocenters. The number of aromatic nitrogens is 2. The molecular weight excluding hydrogens is 260 g/mol. The van der Waals surface area contributed by atoms with E-state index in [-0.39, 0.29) is 18.0 Å². The van der Waals surface area contributed by atoms with Gasteiger partial charge in [-0.1, -0.05) is 37.1 Å². The van der Waals surface area contributed by atoms with Crippen LogP contribution in [0.25, 0.3) is 0 Å². The molecule has 0 spiro atoms. The minimum Gasteiger partial charge on any atom is -0.347 e. The Balaban J connectivity index is 2.01. The van der Waals surface area contributed by atoms with Crippen LogP contribution in [-0.2, 0) is 6.42 Å². The number of nitrogens with one attached hydrogen (secondary N) is 1. The Kier molecular flexibility index (Phi) is 5.27. The third kappa shape index (κ3) is 3.73. The van der Waals surface area contributed by atoms with Gasteiger partial charge in [0.1, 0.15) is 4.88 Å². The molecule has 1 amide bonds. The Morgan fingerprint density at radius 2 is 2.21 bits per heavy atom. The van der Waals surface area contributed by atoms with Crippen molar-refractivity contribution < 1.29 is 4.79 Å². The summed E-state index contributed by atoms with van der Waals surface area (Å²) in [6, 6.07) is 0.161. The fourth-order valence-electron chi connectivity index (χ4n) is 2.53. The first-order chi connectivity index (χ1) is 9.22. The van der Waals surface area contributed by atoms with Gasteiger partial charge in [-0.25, -0.2) is 0 Å². The number of amides is 1. The van der Waals surface area contributed by atoms with Crippen LogP contribution in [0.4, 0.5) is 0 Å². The summed E-state index contributed by atoms with van der Waals surface area (Å²) in [4.78, 5) is 12.9. The van der Waals surface area contributed by atoms with Crippen LogP contribution in [-0.4, -0.2) is 27.6 Å². The highest BCUT2D eigenvalue weighted by atomic mass is 32.1. The summed E-state index contributed by atoms with van der Waals surface area (Å²) in [5, 5.41) is 7.11. The molecule has 1 heterocycles. The number of rotatable bonds is 4. The van der Waals surface area contributed by atoms with Crippen molar-refractivity contribution in [2.45, 2.75) is 64.0 Å². The van der Waals surface area contributed by atoms with Gasteiger partial charge in [0, 0.05) is 12.1 Å². The van der Waals surface area contributed by atoms with Crippen LogP contribution in [0.1, 0.15) is 60.8 Å². The van der Waals surface area contributed by atoms with E-state index in [4.69, 9.17) is 5.73 Å². The molecule has 1 fully saturated rings. The zero-order valence-corrected chi connectivity index (χ0v) is 12.2. The molecule has 0 radical (unpaired) electrons. The highest BCUT2D eigenvalue weighted by Crippen LogP contribution is 2.18. The minimum absolute atomic E-state index is 0.0548. The fraction of sp³-hybridized carbons (Fsp3) is 0.769. The Bertz CT molecular complexity index is 421. The number of hydrogen-bond donors (Lipinski definition) is 2. The van der Waals surface area contributed by atoms with Crippen LogP contribution in [0, 0.1) is 0 Å². The average Bonchev–Trinajstić information content (AvgIpc) is 2.76. The van der Waals surface area contributed by atoms with Gasteiger partial charge in [-0.15, -0.1) is 5.10 Å². The maximum atomic E-state index is 12.3. The van der Waals surface area contributed by atoms with Gasteiger partial charge in [0.2, 0.25) is 0 Å². The van der Waals surface area contributed by atoms with Gasteiger partial charge in [-0.2, -0.15) is 0 Å². The normalized spacial score (nSPS) is 23.9. The standard InChI is InChI=1S/C13H22N4OS/c1-2-6-11-12(19-17-16-11)13(18)15-10-8-5-3-4-7-9(10)14/h9-10H,2-8,14H2,1H3,(H,15,18). The summed E-state index contributed by atoms with van der Waals surface area (Å²) >= 11 is 1.18. The third-order valence-corrected chi connectivity index (χ3v) is 4.40. The number of nitrogens with two attached hydrogens (primary N) is 1. The minimum atomic E-state index is -0.0548. The molecule has 0 bridgehead atoms. The van der Waals surface area contributed by atoms with Gasteiger partial charge in [0.15, 0.2) is 0 Å². The molecule has 0 aliphatic heterocycles. The maximum absolute atomic E-state index is 12.3. The fourth-order valence-corrected chi connectivity index (χ4v) is 3.14. The highest BCUT2D eigenvalue weighted by Gasteiger charge is 2.24. The predicted octanol–water partition coefficient (Wildman–Crippen LogP) is 1.88. The third-order valence-electron chi connectivity index (χ3n) is 3.63. The number of nitrogens with zero attached hydrogens (tertiary/aromatic N) is 2. The second-order valence-electron chi connectivity index (χ2n) is 5.18. The number of carbonyl (C=O) groups excluding carboxylic acids is 1. The zero-order valence-electron chi connectivity index (χ0n) is 11.4. The molecule has 19 heavy (non-hydrogen) atoms. The average molecular weight is 282 g/mol. The second-order valence-corrected chi connectivity index (χ2v) is 5.93. The number of aryl methyl sites for hydroxylation is 1. The molecule has 0 aromatic carbocycles. The monoisotopic (exact) mass is 282 g/mol. The molecule has 1 aromatic rings. The van der Waals surface area contributed by atoms with Crippen LogP contribution in [0.5, 0.6) is 0 Å². The predicted molar refractivity (Wildman–Crippen MR) is 76.2 cm³/mol. The van der Waals surface area contributed by atoms with Crippen molar-refractivity contribution in [2.75, 3.05) is 0 Å². The first-order valence-electron chi connectivity index (χ1n) is 7.10. The second kappa shape index (κ2) is 6.96. The van der Waals surface area contributed by atoms with E-state index in [1.807, 2.05) is 0 Å². The lowest BCUT2D eigenvalue weighted by Gasteiger charge is -2.22. The summed E-state index contributed by atoms with van der Waals surface area (Å²) in [6.07, 6.45) is 7.25. The van der Waals surface area contributed by atoms with E-state index in [2.05, 4.69) is 21.8 Å². The highest BCUT2D eigenvalue weighted by molar-refractivity contribution is 7.08. The van der Waals surface area contributed by atoms with E-state index in [1.54, 1.807) is 0 Å². The SMILES string of the molecule is CCCc1nnsc1C(=O)NC1CCCCCC1N. The van der Waals surface area contributed by atoms with Crippen LogP contribution in [0.3, 0.4) is 0 Å². The van der Waals surface area contributed by atoms with E-state index in [1.165, 1.54) is 18.0 Å². The Morgan fingerprint density at radius 1 is 1.42 bits per heavy atom. The van der Waals surface area contributed by atoms with Gasteiger partial charge < -0.3 is 11.1 Å². The van der Waals surface area contributed by atoms with Crippen LogP contribution in [0.2, 0.25) is 0 Å². The largest absolute Gasteiger partial charge is 0.347 e. The molecule has 5 nitrogen and oxygen atoms in total. The zero-order chi connectivity index (χ0) is 13.7. The van der Waals surface area contributed by atoms with Crippen LogP contribution < -0.4 is 11.1 Å². The number of hydrogen-bond acceptors (Lipinski definition) is 5. The van der Waals surface area contributed by atoms with E-state index in [0.29, 0.717) is 4.88 Å². The lowest BCUT2D eigenvalue weighted by atomic mass is 10.0. The summed E-state index contributed by atoms with van der Waals surface area (Å²) < 4.78 is 3.89. The summed E-state index contributed by atoms with van der Waals surface area (Å²) in [7, 11) is 0. The quantitative estimate of drug-likeness (QED) is 0.826. The van der Waals surface area contributed by atoms with Crippen molar-refractivity contribution in [3.63, 3.8) is 0 Å². The maximum Gasteiger partial charge on any atom is 0.265 e. The van der Waals surface area contributed by atoms with E-state index < -0.39 is 0 Å². The van der Waals surface area contributed by atoms with Crippen molar-refractivity contribution in [3.05, 3.63) is 10.6 Å². The molecule has 0 saturated heterocycles. The molecule has 106 valence electrons. The first kappa shape index (κ1) is 14.4. The molecule has 1 aliphatic carbocycles. The van der Waals surface area contributed by atoms with Crippen molar-refractivity contribution in [2.24, 2.45) is 5.73 Å². The molecule has 1 saturated carbocycles. The van der Waals surface area contributed by atoms with E-state index in [0.717, 1.165) is 44.2 Å². The Morgan fingerprint density at radius 3 is 3.00 bits per heavy atom. The number of carbonyl (C=O) groups is 1. The smallest absolute Gasteiger partial charge is 0.265 e. The summed E-state index contributed by atoms with van der Waals surface area (Å²) in [6.45, 7) is 2.07. The summed E-state index contributed by atoms with van der Waals surface area (Å²) in [5.41, 5.74) is 6.95. The van der Waals surface area contributed by atoms with Crippen molar-refractivity contribution >= 4 is 17.4 Å². The molecule has 1 aromatic heterocycles. The molecule has 6 heteroatoms. The molecule has 1 aliphatic rings. The van der Waals surface area contributed by atoms with Gasteiger partial charge in [-0.3, -0.25) is 4.79 Å². The Labute approximate surface area is 118 Å². The van der Waals surface area contributed by atoms with E-state index >= 15 is 0 Å². The van der Waals surface area contributed by atoms with Crippen molar-refractivity contribution in [1.29, 1.82) is 0 Å². The van der Waals surface area contributed by atoms with Crippen LogP contribution in [0.15, 0.2) is 0 Å². The van der Waals surface area contributed by atoms with Gasteiger partial charge in [-0.05, 0) is 30.8 Å². The molecular formula is C13H22N4OS. The lowest BCUT2D eigenvalue weighted by Crippen LogP contribution is -2.46. The Hall–Kier alpha value is -1.01. The van der Waals surface area contributed by atoms with Crippen LogP contribution >= 0.6 is 11.5 Å². The molecule has 3 N–H and O–H groups in total.